The molecule has 0 radical (unpaired) electrons. The van der Waals surface area contributed by atoms with Crippen LogP contribution in [-0.4, -0.2) is 12.6 Å². The van der Waals surface area contributed by atoms with Gasteiger partial charge in [-0.25, -0.2) is 0 Å². The highest BCUT2D eigenvalue weighted by Gasteiger charge is 2.19. The van der Waals surface area contributed by atoms with Gasteiger partial charge in [0.15, 0.2) is 0 Å². The maximum atomic E-state index is 6.02. The first-order chi connectivity index (χ1) is 10.2. The van der Waals surface area contributed by atoms with Gasteiger partial charge in [0.2, 0.25) is 0 Å². The molecular formula is C20H35NO. The topological polar surface area (TPSA) is 35.2 Å². The van der Waals surface area contributed by atoms with Crippen molar-refractivity contribution in [1.29, 1.82) is 0 Å². The Balaban J connectivity index is 2.81. The molecule has 0 saturated heterocycles. The highest BCUT2D eigenvalue weighted by Crippen LogP contribution is 2.33. The molecule has 1 unspecified atom stereocenters. The van der Waals surface area contributed by atoms with Gasteiger partial charge in [-0.15, -0.1) is 0 Å². The summed E-state index contributed by atoms with van der Waals surface area (Å²) in [6.07, 6.45) is 4.42. The van der Waals surface area contributed by atoms with Gasteiger partial charge < -0.3 is 10.5 Å². The zero-order valence-corrected chi connectivity index (χ0v) is 15.4. The molecule has 22 heavy (non-hydrogen) atoms. The van der Waals surface area contributed by atoms with Gasteiger partial charge in [-0.3, -0.25) is 0 Å². The molecule has 1 aromatic carbocycles. The molecule has 1 atom stereocenters. The quantitative estimate of drug-likeness (QED) is 0.727. The van der Waals surface area contributed by atoms with E-state index in [0.717, 1.165) is 38.0 Å². The second-order valence-electron chi connectivity index (χ2n) is 7.85. The van der Waals surface area contributed by atoms with Gasteiger partial charge in [0.1, 0.15) is 5.75 Å². The second kappa shape index (κ2) is 8.57. The Morgan fingerprint density at radius 1 is 1.18 bits per heavy atom. The molecule has 0 spiro atoms. The van der Waals surface area contributed by atoms with Crippen LogP contribution in [0, 0.1) is 5.92 Å². The fraction of sp³-hybridized carbons (Fsp3) is 0.700. The molecule has 0 saturated carbocycles. The van der Waals surface area contributed by atoms with Crippen LogP contribution in [0.4, 0.5) is 0 Å². The molecule has 2 N–H and O–H groups in total. The van der Waals surface area contributed by atoms with E-state index >= 15 is 0 Å². The van der Waals surface area contributed by atoms with Crippen LogP contribution in [-0.2, 0) is 11.8 Å². The Bertz CT molecular complexity index is 446. The van der Waals surface area contributed by atoms with Crippen LogP contribution >= 0.6 is 0 Å². The lowest BCUT2D eigenvalue weighted by molar-refractivity contribution is 0.265. The number of aryl methyl sites for hydroxylation is 1. The first kappa shape index (κ1) is 19.0. The van der Waals surface area contributed by atoms with Crippen molar-refractivity contribution in [2.45, 2.75) is 78.7 Å². The molecule has 0 fully saturated rings. The van der Waals surface area contributed by atoms with Crippen molar-refractivity contribution >= 4 is 0 Å². The molecule has 2 nitrogen and oxygen atoms in total. The summed E-state index contributed by atoms with van der Waals surface area (Å²) in [5.74, 6) is 1.58. The van der Waals surface area contributed by atoms with E-state index in [1.165, 1.54) is 11.1 Å². The van der Waals surface area contributed by atoms with Gasteiger partial charge in [0, 0.05) is 6.04 Å². The van der Waals surface area contributed by atoms with Crippen molar-refractivity contribution in [2.24, 2.45) is 11.7 Å². The average molecular weight is 306 g/mol. The first-order valence-electron chi connectivity index (χ1n) is 8.75. The number of hydrogen-bond donors (Lipinski definition) is 1. The fourth-order valence-electron chi connectivity index (χ4n) is 2.47. The van der Waals surface area contributed by atoms with Crippen LogP contribution in [0.1, 0.15) is 71.9 Å². The Kier molecular flexibility index (Phi) is 7.41. The van der Waals surface area contributed by atoms with Crippen LogP contribution in [0.3, 0.4) is 0 Å². The molecule has 0 aliphatic heterocycles. The summed E-state index contributed by atoms with van der Waals surface area (Å²) >= 11 is 0. The first-order valence-corrected chi connectivity index (χ1v) is 8.75. The minimum absolute atomic E-state index is 0.0993. The number of ether oxygens (including phenoxy) is 1. The van der Waals surface area contributed by atoms with E-state index in [2.05, 4.69) is 59.7 Å². The van der Waals surface area contributed by atoms with Gasteiger partial charge in [-0.05, 0) is 54.2 Å². The van der Waals surface area contributed by atoms with Gasteiger partial charge in [0.05, 0.1) is 6.61 Å². The fourth-order valence-corrected chi connectivity index (χ4v) is 2.47. The molecule has 1 rings (SSSR count). The lowest BCUT2D eigenvalue weighted by Gasteiger charge is -2.24. The molecule has 0 amide bonds. The Labute approximate surface area is 137 Å². The lowest BCUT2D eigenvalue weighted by atomic mass is 9.85. The summed E-state index contributed by atoms with van der Waals surface area (Å²) in [4.78, 5) is 0. The number of hydrogen-bond acceptors (Lipinski definition) is 2. The third-order valence-corrected chi connectivity index (χ3v) is 3.99. The molecule has 0 heterocycles. The van der Waals surface area contributed by atoms with Crippen LogP contribution < -0.4 is 10.5 Å². The zero-order chi connectivity index (χ0) is 16.8. The number of rotatable bonds is 8. The maximum absolute atomic E-state index is 6.02. The smallest absolute Gasteiger partial charge is 0.123 e. The summed E-state index contributed by atoms with van der Waals surface area (Å²) in [6, 6.07) is 7.03. The zero-order valence-electron chi connectivity index (χ0n) is 15.4. The summed E-state index contributed by atoms with van der Waals surface area (Å²) in [5.41, 5.74) is 8.81. The van der Waals surface area contributed by atoms with E-state index in [4.69, 9.17) is 10.5 Å². The van der Waals surface area contributed by atoms with Gasteiger partial charge in [0.25, 0.3) is 0 Å². The van der Waals surface area contributed by atoms with E-state index in [1.54, 1.807) is 0 Å². The van der Waals surface area contributed by atoms with Crippen molar-refractivity contribution in [3.63, 3.8) is 0 Å². The monoisotopic (exact) mass is 305 g/mol. The van der Waals surface area contributed by atoms with Gasteiger partial charge >= 0.3 is 0 Å². The predicted octanol–water partition coefficient (Wildman–Crippen LogP) is 5.08. The Hall–Kier alpha value is -1.02. The predicted molar refractivity (Wildman–Crippen MR) is 96.7 cm³/mol. The van der Waals surface area contributed by atoms with Crippen LogP contribution in [0.5, 0.6) is 5.75 Å². The average Bonchev–Trinajstić information content (AvgIpc) is 2.44. The normalized spacial score (nSPS) is 13.5. The van der Waals surface area contributed by atoms with Gasteiger partial charge in [-0.2, -0.15) is 0 Å². The summed E-state index contributed by atoms with van der Waals surface area (Å²) in [6.45, 7) is 14.0. The maximum Gasteiger partial charge on any atom is 0.123 e. The van der Waals surface area contributed by atoms with Crippen molar-refractivity contribution in [3.8, 4) is 5.75 Å². The summed E-state index contributed by atoms with van der Waals surface area (Å²) in [5, 5.41) is 0. The minimum Gasteiger partial charge on any atom is -0.493 e. The van der Waals surface area contributed by atoms with Crippen molar-refractivity contribution in [3.05, 3.63) is 29.3 Å². The second-order valence-corrected chi connectivity index (χ2v) is 7.85. The number of benzene rings is 1. The molecule has 0 bridgehead atoms. The van der Waals surface area contributed by atoms with E-state index < -0.39 is 0 Å². The lowest BCUT2D eigenvalue weighted by Crippen LogP contribution is -2.18. The highest BCUT2D eigenvalue weighted by molar-refractivity contribution is 5.41. The molecule has 1 aromatic rings. The SMILES string of the molecule is CCC(N)CCCc1ccc(OCC(C)C)c(C(C)(C)C)c1. The van der Waals surface area contributed by atoms with Crippen LogP contribution in [0.25, 0.3) is 0 Å². The third-order valence-electron chi connectivity index (χ3n) is 3.99. The number of nitrogens with two attached hydrogens (primary N) is 1. The molecular weight excluding hydrogens is 270 g/mol. The molecule has 2 heteroatoms. The van der Waals surface area contributed by atoms with Crippen molar-refractivity contribution in [1.82, 2.24) is 0 Å². The molecule has 0 aliphatic carbocycles. The van der Waals surface area contributed by atoms with Crippen molar-refractivity contribution in [2.75, 3.05) is 6.61 Å². The van der Waals surface area contributed by atoms with Crippen LogP contribution in [0.2, 0.25) is 0 Å². The largest absolute Gasteiger partial charge is 0.493 e. The summed E-state index contributed by atoms with van der Waals surface area (Å²) < 4.78 is 6.02. The molecule has 0 aromatic heterocycles. The summed E-state index contributed by atoms with van der Waals surface area (Å²) in [7, 11) is 0. The highest BCUT2D eigenvalue weighted by atomic mass is 16.5. The van der Waals surface area contributed by atoms with E-state index in [1.807, 2.05) is 0 Å². The van der Waals surface area contributed by atoms with Crippen molar-refractivity contribution < 1.29 is 4.74 Å². The Morgan fingerprint density at radius 2 is 1.86 bits per heavy atom. The molecule has 0 aliphatic rings. The van der Waals surface area contributed by atoms with Gasteiger partial charge in [-0.1, -0.05) is 53.7 Å². The Morgan fingerprint density at radius 3 is 2.41 bits per heavy atom. The standard InChI is InChI=1S/C20H35NO/c1-7-17(21)10-8-9-16-11-12-19(22-14-15(2)3)18(13-16)20(4,5)6/h11-13,15,17H,7-10,14,21H2,1-6H3. The van der Waals surface area contributed by atoms with E-state index in [0.29, 0.717) is 12.0 Å². The van der Waals surface area contributed by atoms with E-state index in [9.17, 15) is 0 Å². The third kappa shape index (κ3) is 6.39. The van der Waals surface area contributed by atoms with E-state index in [-0.39, 0.29) is 5.41 Å². The minimum atomic E-state index is 0.0993. The molecule has 126 valence electrons. The van der Waals surface area contributed by atoms with Crippen LogP contribution in [0.15, 0.2) is 18.2 Å².